The fraction of sp³-hybridized carbons (Fsp3) is 0.600. The fourth-order valence-electron chi connectivity index (χ4n) is 2.64. The SMILES string of the molecule is COc1ccc(Br)cc1NC1CCCC(C)CC1. The van der Waals surface area contributed by atoms with Crippen LogP contribution in [0.5, 0.6) is 5.75 Å². The summed E-state index contributed by atoms with van der Waals surface area (Å²) in [5.74, 6) is 1.80. The van der Waals surface area contributed by atoms with Crippen LogP contribution in [0.25, 0.3) is 0 Å². The lowest BCUT2D eigenvalue weighted by Gasteiger charge is -2.20. The van der Waals surface area contributed by atoms with E-state index in [1.165, 1.54) is 32.1 Å². The zero-order valence-electron chi connectivity index (χ0n) is 11.2. The summed E-state index contributed by atoms with van der Waals surface area (Å²) in [6.45, 7) is 2.36. The molecule has 1 aromatic carbocycles. The van der Waals surface area contributed by atoms with E-state index in [0.29, 0.717) is 6.04 Å². The third-order valence-electron chi connectivity index (χ3n) is 3.78. The van der Waals surface area contributed by atoms with Gasteiger partial charge in [0.1, 0.15) is 5.75 Å². The Bertz CT molecular complexity index is 394. The van der Waals surface area contributed by atoms with Gasteiger partial charge in [0.05, 0.1) is 12.8 Å². The summed E-state index contributed by atoms with van der Waals surface area (Å²) in [6.07, 6.45) is 6.55. The van der Waals surface area contributed by atoms with Crippen molar-refractivity contribution in [2.75, 3.05) is 12.4 Å². The second-order valence-electron chi connectivity index (χ2n) is 5.30. The van der Waals surface area contributed by atoms with Crippen molar-refractivity contribution in [3.05, 3.63) is 22.7 Å². The van der Waals surface area contributed by atoms with Gasteiger partial charge in [0.15, 0.2) is 0 Å². The zero-order valence-corrected chi connectivity index (χ0v) is 12.8. The van der Waals surface area contributed by atoms with Crippen LogP contribution in [-0.4, -0.2) is 13.2 Å². The molecule has 2 unspecified atom stereocenters. The Labute approximate surface area is 118 Å². The van der Waals surface area contributed by atoms with Crippen LogP contribution in [0.1, 0.15) is 39.0 Å². The second kappa shape index (κ2) is 6.46. The number of nitrogens with one attached hydrogen (secondary N) is 1. The smallest absolute Gasteiger partial charge is 0.142 e. The van der Waals surface area contributed by atoms with Crippen molar-refractivity contribution >= 4 is 21.6 Å². The minimum absolute atomic E-state index is 0.582. The van der Waals surface area contributed by atoms with Crippen molar-refractivity contribution in [1.29, 1.82) is 0 Å². The van der Waals surface area contributed by atoms with E-state index < -0.39 is 0 Å². The van der Waals surface area contributed by atoms with Crippen molar-refractivity contribution < 1.29 is 4.74 Å². The molecule has 1 aliphatic rings. The number of anilines is 1. The standard InChI is InChI=1S/C15H22BrNO/c1-11-4-3-5-13(8-6-11)17-14-10-12(16)7-9-15(14)18-2/h7,9-11,13,17H,3-6,8H2,1-2H3. The topological polar surface area (TPSA) is 21.3 Å². The van der Waals surface area contributed by atoms with Gasteiger partial charge < -0.3 is 10.1 Å². The summed E-state index contributed by atoms with van der Waals surface area (Å²) in [4.78, 5) is 0. The average Bonchev–Trinajstić information content (AvgIpc) is 2.55. The largest absolute Gasteiger partial charge is 0.495 e. The van der Waals surface area contributed by atoms with Gasteiger partial charge >= 0.3 is 0 Å². The van der Waals surface area contributed by atoms with E-state index in [9.17, 15) is 0 Å². The monoisotopic (exact) mass is 311 g/mol. The summed E-state index contributed by atoms with van der Waals surface area (Å²) < 4.78 is 6.50. The highest BCUT2D eigenvalue weighted by molar-refractivity contribution is 9.10. The van der Waals surface area contributed by atoms with Crippen molar-refractivity contribution in [1.82, 2.24) is 0 Å². The predicted molar refractivity (Wildman–Crippen MR) is 80.4 cm³/mol. The van der Waals surface area contributed by atoms with Gasteiger partial charge in [-0.2, -0.15) is 0 Å². The van der Waals surface area contributed by atoms with Crippen molar-refractivity contribution in [3.63, 3.8) is 0 Å². The quantitative estimate of drug-likeness (QED) is 0.807. The van der Waals surface area contributed by atoms with Crippen LogP contribution in [0.2, 0.25) is 0 Å². The van der Waals surface area contributed by atoms with Crippen LogP contribution in [0, 0.1) is 5.92 Å². The van der Waals surface area contributed by atoms with Crippen LogP contribution in [0.4, 0.5) is 5.69 Å². The number of methoxy groups -OCH3 is 1. The second-order valence-corrected chi connectivity index (χ2v) is 6.21. The molecule has 18 heavy (non-hydrogen) atoms. The first-order valence-corrected chi connectivity index (χ1v) is 7.58. The number of halogens is 1. The summed E-state index contributed by atoms with van der Waals surface area (Å²) in [5.41, 5.74) is 1.10. The molecule has 2 nitrogen and oxygen atoms in total. The van der Waals surface area contributed by atoms with Gasteiger partial charge in [-0.15, -0.1) is 0 Å². The van der Waals surface area contributed by atoms with Crippen molar-refractivity contribution in [2.24, 2.45) is 5.92 Å². The summed E-state index contributed by atoms with van der Waals surface area (Å²) >= 11 is 3.52. The fourth-order valence-corrected chi connectivity index (χ4v) is 3.01. The van der Waals surface area contributed by atoms with Gasteiger partial charge in [0.25, 0.3) is 0 Å². The molecule has 100 valence electrons. The molecule has 0 bridgehead atoms. The summed E-state index contributed by atoms with van der Waals surface area (Å²) in [6, 6.07) is 6.70. The lowest BCUT2D eigenvalue weighted by Crippen LogP contribution is -2.18. The van der Waals surface area contributed by atoms with E-state index in [1.807, 2.05) is 12.1 Å². The van der Waals surface area contributed by atoms with Crippen molar-refractivity contribution in [2.45, 2.75) is 45.1 Å². The third-order valence-corrected chi connectivity index (χ3v) is 4.27. The Hall–Kier alpha value is -0.700. The maximum absolute atomic E-state index is 5.41. The molecule has 0 aromatic heterocycles. The number of benzene rings is 1. The molecule has 0 radical (unpaired) electrons. The number of hydrogen-bond acceptors (Lipinski definition) is 2. The molecular weight excluding hydrogens is 290 g/mol. The molecular formula is C15H22BrNO. The highest BCUT2D eigenvalue weighted by Crippen LogP contribution is 2.31. The highest BCUT2D eigenvalue weighted by atomic mass is 79.9. The van der Waals surface area contributed by atoms with E-state index in [2.05, 4.69) is 34.2 Å². The maximum Gasteiger partial charge on any atom is 0.142 e. The predicted octanol–water partition coefficient (Wildman–Crippen LogP) is 4.84. The minimum Gasteiger partial charge on any atom is -0.495 e. The highest BCUT2D eigenvalue weighted by Gasteiger charge is 2.17. The molecule has 3 heteroatoms. The Balaban J connectivity index is 2.05. The van der Waals surface area contributed by atoms with Gasteiger partial charge in [0, 0.05) is 10.5 Å². The molecule has 2 atom stereocenters. The normalized spacial score (nSPS) is 24.4. The summed E-state index contributed by atoms with van der Waals surface area (Å²) in [7, 11) is 1.73. The number of rotatable bonds is 3. The molecule has 2 rings (SSSR count). The van der Waals surface area contributed by atoms with Gasteiger partial charge in [-0.1, -0.05) is 35.7 Å². The molecule has 0 saturated heterocycles. The Morgan fingerprint density at radius 1 is 1.22 bits per heavy atom. The van der Waals surface area contributed by atoms with E-state index in [-0.39, 0.29) is 0 Å². The van der Waals surface area contributed by atoms with Crippen LogP contribution < -0.4 is 10.1 Å². The van der Waals surface area contributed by atoms with E-state index in [0.717, 1.165) is 21.8 Å². The molecule has 0 spiro atoms. The first kappa shape index (κ1) is 13.7. The maximum atomic E-state index is 5.41. The molecule has 1 saturated carbocycles. The van der Waals surface area contributed by atoms with Gasteiger partial charge in [-0.05, 0) is 43.4 Å². The van der Waals surface area contributed by atoms with E-state index in [1.54, 1.807) is 7.11 Å². The van der Waals surface area contributed by atoms with Crippen LogP contribution in [0.15, 0.2) is 22.7 Å². The molecule has 0 aliphatic heterocycles. The van der Waals surface area contributed by atoms with Crippen molar-refractivity contribution in [3.8, 4) is 5.75 Å². The van der Waals surface area contributed by atoms with Gasteiger partial charge in [-0.3, -0.25) is 0 Å². The first-order valence-electron chi connectivity index (χ1n) is 6.79. The van der Waals surface area contributed by atoms with Crippen LogP contribution in [-0.2, 0) is 0 Å². The lowest BCUT2D eigenvalue weighted by molar-refractivity contribution is 0.415. The molecule has 1 fully saturated rings. The lowest BCUT2D eigenvalue weighted by atomic mass is 10.0. The van der Waals surface area contributed by atoms with Gasteiger partial charge in [0.2, 0.25) is 0 Å². The molecule has 1 aliphatic carbocycles. The number of hydrogen-bond donors (Lipinski definition) is 1. The Kier molecular flexibility index (Phi) is 4.93. The van der Waals surface area contributed by atoms with Crippen LogP contribution >= 0.6 is 15.9 Å². The Morgan fingerprint density at radius 2 is 2.06 bits per heavy atom. The zero-order chi connectivity index (χ0) is 13.0. The van der Waals surface area contributed by atoms with E-state index >= 15 is 0 Å². The number of ether oxygens (including phenoxy) is 1. The minimum atomic E-state index is 0.582. The summed E-state index contributed by atoms with van der Waals surface area (Å²) in [5, 5.41) is 3.65. The average molecular weight is 312 g/mol. The van der Waals surface area contributed by atoms with Crippen LogP contribution in [0.3, 0.4) is 0 Å². The van der Waals surface area contributed by atoms with E-state index in [4.69, 9.17) is 4.74 Å². The molecule has 0 heterocycles. The molecule has 0 amide bonds. The molecule has 1 N–H and O–H groups in total. The third kappa shape index (κ3) is 3.64. The Morgan fingerprint density at radius 3 is 2.83 bits per heavy atom. The molecule has 1 aromatic rings. The first-order chi connectivity index (χ1) is 8.69. The van der Waals surface area contributed by atoms with Gasteiger partial charge in [-0.25, -0.2) is 0 Å².